The van der Waals surface area contributed by atoms with E-state index in [9.17, 15) is 23.4 Å². The van der Waals surface area contributed by atoms with Gasteiger partial charge in [0.1, 0.15) is 5.75 Å². The monoisotopic (exact) mass is 547 g/mol. The number of nitrogens with zero attached hydrogens (tertiary/aromatic N) is 2. The van der Waals surface area contributed by atoms with E-state index in [4.69, 9.17) is 4.74 Å². The zero-order chi connectivity index (χ0) is 27.7. The largest absolute Gasteiger partial charge is 0.497 e. The summed E-state index contributed by atoms with van der Waals surface area (Å²) < 4.78 is 33.3. The molecule has 2 unspecified atom stereocenters. The molecular formula is C28H41N3O6S. The smallest absolute Gasteiger partial charge is 0.404 e. The topological polar surface area (TPSA) is 119 Å². The summed E-state index contributed by atoms with van der Waals surface area (Å²) in [6.45, 7) is 6.45. The second kappa shape index (κ2) is 13.9. The normalized spacial score (nSPS) is 16.9. The number of carboxylic acid groups (broad SMARTS) is 1. The summed E-state index contributed by atoms with van der Waals surface area (Å²) in [5, 5.41) is 23.1. The first-order valence-electron chi connectivity index (χ1n) is 13.2. The van der Waals surface area contributed by atoms with Crippen LogP contribution >= 0.6 is 0 Å². The standard InChI is InChI=1S/C28H41N3O6S/c1-21(2)18-31(38(35,36)25-11-9-24(37-3)10-12-25)20-27(32)26(29-28(33)34)17-22-13-15-30(16-14-22)19-23-7-5-4-6-8-23/h4-12,21-22,26-27,29,32H,13-20H2,1-3H3,(H,33,34). The molecule has 10 heteroatoms. The van der Waals surface area contributed by atoms with Crippen molar-refractivity contribution in [2.45, 2.75) is 56.7 Å². The molecule has 0 aliphatic carbocycles. The number of amides is 1. The van der Waals surface area contributed by atoms with E-state index in [0.717, 1.165) is 32.5 Å². The number of aliphatic hydroxyl groups excluding tert-OH is 1. The Kier molecular flexibility index (Phi) is 11.0. The maximum absolute atomic E-state index is 13.5. The van der Waals surface area contributed by atoms with Gasteiger partial charge in [-0.25, -0.2) is 13.2 Å². The highest BCUT2D eigenvalue weighted by atomic mass is 32.2. The highest BCUT2D eigenvalue weighted by molar-refractivity contribution is 7.89. The number of aliphatic hydroxyl groups is 1. The van der Waals surface area contributed by atoms with E-state index in [1.807, 2.05) is 32.0 Å². The van der Waals surface area contributed by atoms with E-state index < -0.39 is 28.3 Å². The van der Waals surface area contributed by atoms with Gasteiger partial charge in [-0.15, -0.1) is 0 Å². The molecule has 0 radical (unpaired) electrons. The first-order chi connectivity index (χ1) is 18.1. The van der Waals surface area contributed by atoms with Crippen molar-refractivity contribution in [3.05, 3.63) is 60.2 Å². The molecule has 1 aliphatic heterocycles. The van der Waals surface area contributed by atoms with E-state index in [1.54, 1.807) is 12.1 Å². The summed E-state index contributed by atoms with van der Waals surface area (Å²) in [5.74, 6) is 0.778. The Morgan fingerprint density at radius 2 is 1.71 bits per heavy atom. The van der Waals surface area contributed by atoms with Crippen molar-refractivity contribution in [3.8, 4) is 5.75 Å². The first kappa shape index (κ1) is 29.9. The van der Waals surface area contributed by atoms with Gasteiger partial charge in [0.15, 0.2) is 0 Å². The maximum Gasteiger partial charge on any atom is 0.404 e. The van der Waals surface area contributed by atoms with Crippen LogP contribution in [0.25, 0.3) is 0 Å². The number of benzene rings is 2. The number of hydrogen-bond donors (Lipinski definition) is 3. The van der Waals surface area contributed by atoms with Crippen molar-refractivity contribution in [1.29, 1.82) is 0 Å². The molecule has 210 valence electrons. The lowest BCUT2D eigenvalue weighted by molar-refractivity contribution is 0.0781. The minimum Gasteiger partial charge on any atom is -0.497 e. The summed E-state index contributed by atoms with van der Waals surface area (Å²) in [5.41, 5.74) is 1.26. The number of carbonyl (C=O) groups is 1. The molecule has 0 spiro atoms. The average molecular weight is 548 g/mol. The number of ether oxygens (including phenoxy) is 1. The van der Waals surface area contributed by atoms with Crippen LogP contribution < -0.4 is 10.1 Å². The molecule has 2 aromatic rings. The summed E-state index contributed by atoms with van der Waals surface area (Å²) in [7, 11) is -2.40. The Morgan fingerprint density at radius 1 is 1.08 bits per heavy atom. The molecule has 9 nitrogen and oxygen atoms in total. The van der Waals surface area contributed by atoms with Crippen LogP contribution in [0.4, 0.5) is 4.79 Å². The predicted molar refractivity (Wildman–Crippen MR) is 147 cm³/mol. The van der Waals surface area contributed by atoms with Crippen LogP contribution in [0.5, 0.6) is 5.75 Å². The number of piperidine rings is 1. The van der Waals surface area contributed by atoms with Gasteiger partial charge in [-0.2, -0.15) is 4.31 Å². The highest BCUT2D eigenvalue weighted by Crippen LogP contribution is 2.26. The summed E-state index contributed by atoms with van der Waals surface area (Å²) >= 11 is 0. The van der Waals surface area contributed by atoms with Crippen LogP contribution in [0.15, 0.2) is 59.5 Å². The Labute approximate surface area is 226 Å². The molecule has 38 heavy (non-hydrogen) atoms. The number of likely N-dealkylation sites (tertiary alicyclic amines) is 1. The fourth-order valence-corrected chi connectivity index (χ4v) is 6.58. The third-order valence-corrected chi connectivity index (χ3v) is 8.82. The maximum atomic E-state index is 13.5. The van der Waals surface area contributed by atoms with E-state index in [0.29, 0.717) is 12.2 Å². The van der Waals surface area contributed by atoms with Crippen LogP contribution in [0.2, 0.25) is 0 Å². The lowest BCUT2D eigenvalue weighted by Gasteiger charge is -2.35. The second-order valence-electron chi connectivity index (χ2n) is 10.5. The van der Waals surface area contributed by atoms with Crippen molar-refractivity contribution in [2.24, 2.45) is 11.8 Å². The molecule has 2 atom stereocenters. The summed E-state index contributed by atoms with van der Waals surface area (Å²) in [6.07, 6.45) is -0.205. The van der Waals surface area contributed by atoms with Gasteiger partial charge in [0.2, 0.25) is 10.0 Å². The lowest BCUT2D eigenvalue weighted by atomic mass is 9.88. The van der Waals surface area contributed by atoms with Crippen molar-refractivity contribution in [2.75, 3.05) is 33.3 Å². The zero-order valence-electron chi connectivity index (χ0n) is 22.5. The van der Waals surface area contributed by atoms with E-state index in [2.05, 4.69) is 22.3 Å². The van der Waals surface area contributed by atoms with Crippen molar-refractivity contribution in [1.82, 2.24) is 14.5 Å². The minimum atomic E-state index is -3.91. The van der Waals surface area contributed by atoms with Gasteiger partial charge in [-0.1, -0.05) is 44.2 Å². The van der Waals surface area contributed by atoms with Crippen LogP contribution in [0.1, 0.15) is 38.7 Å². The van der Waals surface area contributed by atoms with Gasteiger partial charge in [-0.3, -0.25) is 4.90 Å². The third kappa shape index (κ3) is 8.69. The summed E-state index contributed by atoms with van der Waals surface area (Å²) in [4.78, 5) is 14.1. The fourth-order valence-electron chi connectivity index (χ4n) is 4.96. The van der Waals surface area contributed by atoms with Crippen LogP contribution in [-0.4, -0.2) is 79.4 Å². The molecule has 0 bridgehead atoms. The average Bonchev–Trinajstić information content (AvgIpc) is 2.89. The number of sulfonamides is 1. The van der Waals surface area contributed by atoms with Gasteiger partial charge in [-0.05, 0) is 74.0 Å². The van der Waals surface area contributed by atoms with E-state index in [-0.39, 0.29) is 29.8 Å². The van der Waals surface area contributed by atoms with Gasteiger partial charge in [0, 0.05) is 19.6 Å². The van der Waals surface area contributed by atoms with Crippen LogP contribution in [0.3, 0.4) is 0 Å². The highest BCUT2D eigenvalue weighted by Gasteiger charge is 2.33. The van der Waals surface area contributed by atoms with Crippen molar-refractivity contribution >= 4 is 16.1 Å². The first-order valence-corrected chi connectivity index (χ1v) is 14.6. The van der Waals surface area contributed by atoms with Crippen molar-refractivity contribution in [3.63, 3.8) is 0 Å². The van der Waals surface area contributed by atoms with Gasteiger partial charge < -0.3 is 20.3 Å². The second-order valence-corrected chi connectivity index (χ2v) is 12.4. The number of nitrogens with one attached hydrogen (secondary N) is 1. The Hall–Kier alpha value is -2.66. The Balaban J connectivity index is 1.66. The molecule has 1 amide bonds. The fraction of sp³-hybridized carbons (Fsp3) is 0.536. The van der Waals surface area contributed by atoms with Crippen LogP contribution in [-0.2, 0) is 16.6 Å². The molecule has 3 N–H and O–H groups in total. The molecule has 1 fully saturated rings. The summed E-state index contributed by atoms with van der Waals surface area (Å²) in [6, 6.07) is 15.6. The Bertz CT molecular complexity index is 1100. The Morgan fingerprint density at radius 3 is 2.26 bits per heavy atom. The molecule has 0 aromatic heterocycles. The lowest BCUT2D eigenvalue weighted by Crippen LogP contribution is -2.51. The predicted octanol–water partition coefficient (Wildman–Crippen LogP) is 3.64. The van der Waals surface area contributed by atoms with Gasteiger partial charge in [0.25, 0.3) is 0 Å². The molecule has 3 rings (SSSR count). The molecule has 1 aliphatic rings. The van der Waals surface area contributed by atoms with E-state index >= 15 is 0 Å². The molecule has 2 aromatic carbocycles. The SMILES string of the molecule is COc1ccc(S(=O)(=O)N(CC(C)C)CC(O)C(CC2CCN(Cc3ccccc3)CC2)NC(=O)O)cc1. The number of rotatable bonds is 13. The molecule has 1 heterocycles. The molecular weight excluding hydrogens is 506 g/mol. The number of hydrogen-bond acceptors (Lipinski definition) is 6. The van der Waals surface area contributed by atoms with Crippen LogP contribution in [0, 0.1) is 11.8 Å². The molecule has 1 saturated heterocycles. The van der Waals surface area contributed by atoms with Gasteiger partial charge in [0.05, 0.1) is 24.2 Å². The minimum absolute atomic E-state index is 0.00930. The zero-order valence-corrected chi connectivity index (χ0v) is 23.3. The van der Waals surface area contributed by atoms with E-state index in [1.165, 1.54) is 29.1 Å². The van der Waals surface area contributed by atoms with Crippen molar-refractivity contribution < 1.29 is 28.2 Å². The number of methoxy groups -OCH3 is 1. The van der Waals surface area contributed by atoms with Gasteiger partial charge >= 0.3 is 6.09 Å². The third-order valence-electron chi connectivity index (χ3n) is 6.97. The quantitative estimate of drug-likeness (QED) is 0.350. The molecule has 0 saturated carbocycles.